The zero-order valence-corrected chi connectivity index (χ0v) is 21.2. The molecule has 0 saturated heterocycles. The molecule has 6 rings (SSSR count). The second-order valence-corrected chi connectivity index (χ2v) is 9.78. The lowest BCUT2D eigenvalue weighted by molar-refractivity contribution is 0.127. The third kappa shape index (κ3) is 4.15. The van der Waals surface area contributed by atoms with Crippen LogP contribution in [0.25, 0.3) is 16.8 Å². The first-order valence-electron chi connectivity index (χ1n) is 12.3. The maximum atomic E-state index is 6.21. The highest BCUT2D eigenvalue weighted by Crippen LogP contribution is 2.51. The highest BCUT2D eigenvalue weighted by Gasteiger charge is 2.51. The van der Waals surface area contributed by atoms with Crippen LogP contribution in [0.5, 0.6) is 0 Å². The zero-order chi connectivity index (χ0) is 24.7. The molecule has 0 amide bonds. The number of fused-ring (bicyclic) bond motifs is 4. The Morgan fingerprint density at radius 3 is 2.61 bits per heavy atom. The van der Waals surface area contributed by atoms with Crippen LogP contribution in [0.3, 0.4) is 0 Å². The number of aromatic nitrogens is 5. The average molecular weight is 502 g/mol. The molecule has 9 heteroatoms. The Labute approximate surface area is 215 Å². The summed E-state index contributed by atoms with van der Waals surface area (Å²) in [6.45, 7) is 4.86. The van der Waals surface area contributed by atoms with Crippen molar-refractivity contribution >= 4 is 17.3 Å². The van der Waals surface area contributed by atoms with Crippen LogP contribution >= 0.6 is 11.6 Å². The summed E-state index contributed by atoms with van der Waals surface area (Å²) in [5, 5.41) is 17.3. The van der Waals surface area contributed by atoms with E-state index in [4.69, 9.17) is 21.3 Å². The fourth-order valence-electron chi connectivity index (χ4n) is 4.73. The lowest BCUT2D eigenvalue weighted by atomic mass is 9.96. The van der Waals surface area contributed by atoms with Gasteiger partial charge in [0, 0.05) is 34.5 Å². The van der Waals surface area contributed by atoms with Gasteiger partial charge in [0.1, 0.15) is 11.4 Å². The van der Waals surface area contributed by atoms with Gasteiger partial charge in [-0.2, -0.15) is 5.10 Å². The Morgan fingerprint density at radius 1 is 1.03 bits per heavy atom. The van der Waals surface area contributed by atoms with Crippen LogP contribution < -0.4 is 5.32 Å². The summed E-state index contributed by atoms with van der Waals surface area (Å²) >= 11 is 6.21. The van der Waals surface area contributed by atoms with Gasteiger partial charge in [-0.15, -0.1) is 10.2 Å². The van der Waals surface area contributed by atoms with Gasteiger partial charge < -0.3 is 10.1 Å². The Balaban J connectivity index is 1.40. The van der Waals surface area contributed by atoms with Crippen LogP contribution in [-0.4, -0.2) is 57.1 Å². The fraction of sp³-hybridized carbons (Fsp3) is 0.333. The predicted molar refractivity (Wildman–Crippen MR) is 140 cm³/mol. The SMILES string of the molecule is CNCCOCCn1cc(-c2ccc3c(c2)C(c2ccc(Cl)cc2)=NC2(CC2)c2nnc(C)n2-3)cn1. The number of rotatable bonds is 8. The number of benzene rings is 2. The molecule has 2 aromatic carbocycles. The number of halogens is 1. The molecule has 1 aliphatic carbocycles. The van der Waals surface area contributed by atoms with Crippen LogP contribution in [0.4, 0.5) is 0 Å². The molecule has 8 nitrogen and oxygen atoms in total. The van der Waals surface area contributed by atoms with Gasteiger partial charge in [-0.05, 0) is 56.6 Å². The summed E-state index contributed by atoms with van der Waals surface area (Å²) in [6, 6.07) is 14.4. The number of nitrogens with one attached hydrogen (secondary N) is 1. The van der Waals surface area contributed by atoms with Gasteiger partial charge in [0.2, 0.25) is 0 Å². The van der Waals surface area contributed by atoms with E-state index in [1.54, 1.807) is 0 Å². The van der Waals surface area contributed by atoms with Crippen LogP contribution in [0.1, 0.15) is 35.6 Å². The van der Waals surface area contributed by atoms with Crippen LogP contribution in [0, 0.1) is 6.92 Å². The van der Waals surface area contributed by atoms with E-state index in [0.717, 1.165) is 64.7 Å². The van der Waals surface area contributed by atoms with Crippen molar-refractivity contribution in [2.75, 3.05) is 26.8 Å². The Morgan fingerprint density at radius 2 is 1.83 bits per heavy atom. The Bertz CT molecular complexity index is 1430. The van der Waals surface area contributed by atoms with E-state index in [1.807, 2.05) is 49.1 Å². The van der Waals surface area contributed by atoms with E-state index in [-0.39, 0.29) is 5.54 Å². The average Bonchev–Trinajstić information content (AvgIpc) is 3.36. The molecule has 0 unspecified atom stereocenters. The zero-order valence-electron chi connectivity index (χ0n) is 20.4. The van der Waals surface area contributed by atoms with Crippen LogP contribution in [0.15, 0.2) is 59.9 Å². The van der Waals surface area contributed by atoms with Crippen molar-refractivity contribution in [2.24, 2.45) is 4.99 Å². The third-order valence-electron chi connectivity index (χ3n) is 6.83. The minimum atomic E-state index is -0.326. The maximum absolute atomic E-state index is 6.21. The van der Waals surface area contributed by atoms with E-state index in [9.17, 15) is 0 Å². The van der Waals surface area contributed by atoms with E-state index in [1.165, 1.54) is 0 Å². The van der Waals surface area contributed by atoms with Crippen molar-refractivity contribution in [3.05, 3.63) is 82.7 Å². The van der Waals surface area contributed by atoms with E-state index in [2.05, 4.69) is 49.6 Å². The summed E-state index contributed by atoms with van der Waals surface area (Å²) in [7, 11) is 1.92. The summed E-state index contributed by atoms with van der Waals surface area (Å²) in [5.41, 5.74) is 5.88. The highest BCUT2D eigenvalue weighted by molar-refractivity contribution is 6.30. The molecule has 1 aliphatic heterocycles. The lowest BCUT2D eigenvalue weighted by Crippen LogP contribution is -2.16. The van der Waals surface area contributed by atoms with Crippen molar-refractivity contribution in [3.8, 4) is 16.8 Å². The molecular weight excluding hydrogens is 474 g/mol. The van der Waals surface area contributed by atoms with Gasteiger partial charge in [-0.1, -0.05) is 29.8 Å². The van der Waals surface area contributed by atoms with Crippen molar-refractivity contribution in [2.45, 2.75) is 31.8 Å². The molecule has 4 aromatic rings. The topological polar surface area (TPSA) is 82.1 Å². The highest BCUT2D eigenvalue weighted by atomic mass is 35.5. The van der Waals surface area contributed by atoms with Gasteiger partial charge in [0.15, 0.2) is 5.82 Å². The summed E-state index contributed by atoms with van der Waals surface area (Å²) in [4.78, 5) is 5.33. The quantitative estimate of drug-likeness (QED) is 0.366. The minimum Gasteiger partial charge on any atom is -0.378 e. The molecule has 36 heavy (non-hydrogen) atoms. The van der Waals surface area contributed by atoms with Gasteiger partial charge in [-0.3, -0.25) is 14.2 Å². The number of likely N-dealkylation sites (N-methyl/N-ethyl adjacent to an activating group) is 1. The molecule has 1 spiro atoms. The van der Waals surface area contributed by atoms with Crippen LogP contribution in [-0.2, 0) is 16.8 Å². The number of ether oxygens (including phenoxy) is 1. The van der Waals surface area contributed by atoms with Gasteiger partial charge >= 0.3 is 0 Å². The molecule has 1 N–H and O–H groups in total. The number of hydrogen-bond donors (Lipinski definition) is 1. The third-order valence-corrected chi connectivity index (χ3v) is 7.08. The normalized spacial score (nSPS) is 15.4. The molecule has 0 radical (unpaired) electrons. The molecular formula is C27H28ClN7O. The van der Waals surface area contributed by atoms with Crippen molar-refractivity contribution < 1.29 is 4.74 Å². The molecule has 1 saturated carbocycles. The number of nitrogens with zero attached hydrogens (tertiary/aromatic N) is 6. The number of aryl methyl sites for hydroxylation is 1. The Kier molecular flexibility index (Phi) is 5.95. The largest absolute Gasteiger partial charge is 0.378 e. The van der Waals surface area contributed by atoms with E-state index < -0.39 is 0 Å². The van der Waals surface area contributed by atoms with Crippen LogP contribution in [0.2, 0.25) is 5.02 Å². The fourth-order valence-corrected chi connectivity index (χ4v) is 4.85. The first kappa shape index (κ1) is 23.1. The second-order valence-electron chi connectivity index (χ2n) is 9.35. The summed E-state index contributed by atoms with van der Waals surface area (Å²) in [5.74, 6) is 1.79. The second kappa shape index (κ2) is 9.28. The molecule has 0 bridgehead atoms. The molecule has 2 aromatic heterocycles. The standard InChI is InChI=1S/C27H28ClN7O/c1-18-32-33-26-27(9-10-27)31-25(19-3-6-22(28)7-4-19)23-15-20(5-8-24(23)35(18)26)21-16-30-34(17-21)12-14-36-13-11-29-2/h3-8,15-17,29H,9-14H2,1-2H3. The minimum absolute atomic E-state index is 0.326. The van der Waals surface area contributed by atoms with Gasteiger partial charge in [0.05, 0.1) is 37.4 Å². The number of hydrogen-bond acceptors (Lipinski definition) is 6. The maximum Gasteiger partial charge on any atom is 0.165 e. The predicted octanol–water partition coefficient (Wildman–Crippen LogP) is 4.17. The van der Waals surface area contributed by atoms with E-state index in [0.29, 0.717) is 24.8 Å². The monoisotopic (exact) mass is 501 g/mol. The lowest BCUT2D eigenvalue weighted by Gasteiger charge is -2.14. The molecule has 2 aliphatic rings. The van der Waals surface area contributed by atoms with Crippen molar-refractivity contribution in [1.82, 2.24) is 29.9 Å². The first-order valence-corrected chi connectivity index (χ1v) is 12.6. The number of aliphatic imine (C=N–C) groups is 1. The van der Waals surface area contributed by atoms with Crippen molar-refractivity contribution in [3.63, 3.8) is 0 Å². The molecule has 184 valence electrons. The summed E-state index contributed by atoms with van der Waals surface area (Å²) in [6.07, 6.45) is 5.90. The van der Waals surface area contributed by atoms with E-state index >= 15 is 0 Å². The molecule has 0 atom stereocenters. The first-order chi connectivity index (χ1) is 17.6. The molecule has 1 fully saturated rings. The smallest absolute Gasteiger partial charge is 0.165 e. The Hall–Kier alpha value is -3.33. The van der Waals surface area contributed by atoms with Gasteiger partial charge in [0.25, 0.3) is 0 Å². The summed E-state index contributed by atoms with van der Waals surface area (Å²) < 4.78 is 9.75. The molecule has 3 heterocycles. The van der Waals surface area contributed by atoms with Crippen molar-refractivity contribution in [1.29, 1.82) is 0 Å². The van der Waals surface area contributed by atoms with Gasteiger partial charge in [-0.25, -0.2) is 0 Å².